The van der Waals surface area contributed by atoms with Gasteiger partial charge in [0, 0.05) is 23.0 Å². The van der Waals surface area contributed by atoms with Crippen LogP contribution >= 0.6 is 23.2 Å². The number of halogens is 2. The van der Waals surface area contributed by atoms with Crippen LogP contribution in [-0.4, -0.2) is 33.1 Å². The van der Waals surface area contributed by atoms with Crippen LogP contribution in [0.2, 0.25) is 10.0 Å². The highest BCUT2D eigenvalue weighted by atomic mass is 35.5. The highest BCUT2D eigenvalue weighted by Gasteiger charge is 2.27. The van der Waals surface area contributed by atoms with Gasteiger partial charge in [0.15, 0.2) is 0 Å². The Morgan fingerprint density at radius 1 is 1.12 bits per heavy atom. The molecule has 26 heavy (non-hydrogen) atoms. The van der Waals surface area contributed by atoms with Gasteiger partial charge in [0.1, 0.15) is 5.75 Å². The lowest BCUT2D eigenvalue weighted by atomic mass is 10.2. The first kappa shape index (κ1) is 20.4. The minimum atomic E-state index is -3.98. The fraction of sp³-hybridized carbons (Fsp3) is 0.235. The number of sulfonamides is 1. The zero-order valence-electron chi connectivity index (χ0n) is 13.9. The summed E-state index contributed by atoms with van der Waals surface area (Å²) in [5.74, 6) is -0.700. The first-order valence-corrected chi connectivity index (χ1v) is 9.79. The number of methoxy groups -OCH3 is 1. The molecule has 0 amide bonds. The van der Waals surface area contributed by atoms with E-state index in [-0.39, 0.29) is 30.0 Å². The molecular formula is C17H17Cl2NO5S. The predicted molar refractivity (Wildman–Crippen MR) is 101 cm³/mol. The highest BCUT2D eigenvalue weighted by molar-refractivity contribution is 7.92. The molecule has 0 saturated heterocycles. The molecule has 0 spiro atoms. The molecule has 0 aliphatic rings. The summed E-state index contributed by atoms with van der Waals surface area (Å²) in [6, 6.07) is 10.3. The van der Waals surface area contributed by atoms with Crippen molar-refractivity contribution in [3.8, 4) is 5.75 Å². The average molecular weight is 418 g/mol. The SMILES string of the molecule is COc1ccc(Cl)cc1N(CCCC(=O)O)S(=O)(=O)c1ccc(Cl)cc1. The zero-order valence-corrected chi connectivity index (χ0v) is 16.2. The molecule has 0 unspecified atom stereocenters. The molecular weight excluding hydrogens is 401 g/mol. The van der Waals surface area contributed by atoms with E-state index < -0.39 is 16.0 Å². The van der Waals surface area contributed by atoms with Crippen molar-refractivity contribution < 1.29 is 23.1 Å². The fourth-order valence-corrected chi connectivity index (χ4v) is 4.13. The van der Waals surface area contributed by atoms with Gasteiger partial charge < -0.3 is 9.84 Å². The van der Waals surface area contributed by atoms with Gasteiger partial charge in [-0.2, -0.15) is 0 Å². The molecule has 9 heteroatoms. The Morgan fingerprint density at radius 2 is 1.73 bits per heavy atom. The number of ether oxygens (including phenoxy) is 1. The van der Waals surface area contributed by atoms with Crippen molar-refractivity contribution in [2.24, 2.45) is 0 Å². The van der Waals surface area contributed by atoms with Crippen LogP contribution in [0, 0.1) is 0 Å². The van der Waals surface area contributed by atoms with E-state index in [1.54, 1.807) is 12.1 Å². The van der Waals surface area contributed by atoms with E-state index >= 15 is 0 Å². The van der Waals surface area contributed by atoms with E-state index in [1.807, 2.05) is 0 Å². The van der Waals surface area contributed by atoms with Crippen LogP contribution < -0.4 is 9.04 Å². The maximum absolute atomic E-state index is 13.1. The number of carbonyl (C=O) groups is 1. The molecule has 2 aromatic rings. The Labute approximate surface area is 162 Å². The van der Waals surface area contributed by atoms with Crippen molar-refractivity contribution in [3.63, 3.8) is 0 Å². The summed E-state index contributed by atoms with van der Waals surface area (Å²) < 4.78 is 32.6. The normalized spacial score (nSPS) is 11.2. The first-order chi connectivity index (χ1) is 12.3. The van der Waals surface area contributed by atoms with Gasteiger partial charge in [-0.1, -0.05) is 23.2 Å². The fourth-order valence-electron chi connectivity index (χ4n) is 2.34. The van der Waals surface area contributed by atoms with Gasteiger partial charge in [0.05, 0.1) is 17.7 Å². The van der Waals surface area contributed by atoms with E-state index in [9.17, 15) is 13.2 Å². The third-order valence-corrected chi connectivity index (χ3v) is 5.88. The van der Waals surface area contributed by atoms with Crippen molar-refractivity contribution in [3.05, 3.63) is 52.5 Å². The number of rotatable bonds is 8. The third kappa shape index (κ3) is 4.81. The largest absolute Gasteiger partial charge is 0.495 e. The van der Waals surface area contributed by atoms with Gasteiger partial charge >= 0.3 is 5.97 Å². The summed E-state index contributed by atoms with van der Waals surface area (Å²) in [6.45, 7) is -0.0477. The summed E-state index contributed by atoms with van der Waals surface area (Å²) in [5.41, 5.74) is 0.236. The van der Waals surface area contributed by atoms with Crippen molar-refractivity contribution in [2.45, 2.75) is 17.7 Å². The molecule has 2 aromatic carbocycles. The van der Waals surface area contributed by atoms with Crippen molar-refractivity contribution in [2.75, 3.05) is 18.0 Å². The maximum Gasteiger partial charge on any atom is 0.303 e. The summed E-state index contributed by atoms with van der Waals surface area (Å²) in [6.07, 6.45) is -0.0483. The number of hydrogen-bond acceptors (Lipinski definition) is 4. The van der Waals surface area contributed by atoms with Crippen molar-refractivity contribution in [1.82, 2.24) is 0 Å². The lowest BCUT2D eigenvalue weighted by molar-refractivity contribution is -0.137. The van der Waals surface area contributed by atoms with Crippen LogP contribution in [0.5, 0.6) is 5.75 Å². The van der Waals surface area contributed by atoms with E-state index in [0.717, 1.165) is 4.31 Å². The van der Waals surface area contributed by atoms with Crippen LogP contribution in [0.25, 0.3) is 0 Å². The van der Waals surface area contributed by atoms with E-state index in [4.69, 9.17) is 33.0 Å². The van der Waals surface area contributed by atoms with Crippen LogP contribution in [-0.2, 0) is 14.8 Å². The standard InChI is InChI=1S/C17H17Cl2NO5S/c1-25-16-9-6-13(19)11-15(16)20(10-2-3-17(21)22)26(23,24)14-7-4-12(18)5-8-14/h4-9,11H,2-3,10H2,1H3,(H,21,22). The van der Waals surface area contributed by atoms with E-state index in [0.29, 0.717) is 15.8 Å². The lowest BCUT2D eigenvalue weighted by Gasteiger charge is -2.26. The molecule has 0 aliphatic carbocycles. The number of benzene rings is 2. The molecule has 6 nitrogen and oxygen atoms in total. The van der Waals surface area contributed by atoms with Gasteiger partial charge in [-0.25, -0.2) is 8.42 Å². The molecule has 0 bridgehead atoms. The van der Waals surface area contributed by atoms with Crippen LogP contribution in [0.4, 0.5) is 5.69 Å². The summed E-state index contributed by atoms with van der Waals surface area (Å²) in [7, 11) is -2.56. The number of hydrogen-bond donors (Lipinski definition) is 1. The van der Waals surface area contributed by atoms with Crippen LogP contribution in [0.15, 0.2) is 47.4 Å². The molecule has 0 saturated carbocycles. The summed E-state index contributed by atoms with van der Waals surface area (Å²) >= 11 is 11.9. The molecule has 2 rings (SSSR count). The number of carboxylic acids is 1. The minimum absolute atomic E-state index is 0.0271. The van der Waals surface area contributed by atoms with Crippen LogP contribution in [0.3, 0.4) is 0 Å². The molecule has 0 aromatic heterocycles. The molecule has 1 N–H and O–H groups in total. The molecule has 0 aliphatic heterocycles. The Kier molecular flexibility index (Phi) is 6.75. The number of carboxylic acid groups (broad SMARTS) is 1. The van der Waals surface area contributed by atoms with Crippen molar-refractivity contribution >= 4 is 44.9 Å². The second kappa shape index (κ2) is 8.62. The Bertz CT molecular complexity index is 885. The molecule has 0 atom stereocenters. The van der Waals surface area contributed by atoms with Crippen LogP contribution in [0.1, 0.15) is 12.8 Å². The predicted octanol–water partition coefficient (Wildman–Crippen LogP) is 4.06. The topological polar surface area (TPSA) is 83.9 Å². The third-order valence-electron chi connectivity index (χ3n) is 3.56. The van der Waals surface area contributed by atoms with E-state index in [2.05, 4.69) is 0 Å². The molecule has 140 valence electrons. The van der Waals surface area contributed by atoms with Gasteiger partial charge in [-0.3, -0.25) is 9.10 Å². The highest BCUT2D eigenvalue weighted by Crippen LogP contribution is 2.35. The Hall–Kier alpha value is -1.96. The Morgan fingerprint density at radius 3 is 2.31 bits per heavy atom. The smallest absolute Gasteiger partial charge is 0.303 e. The first-order valence-electron chi connectivity index (χ1n) is 7.59. The van der Waals surface area contributed by atoms with Crippen molar-refractivity contribution in [1.29, 1.82) is 0 Å². The number of nitrogens with zero attached hydrogens (tertiary/aromatic N) is 1. The number of anilines is 1. The van der Waals surface area contributed by atoms with Gasteiger partial charge in [0.25, 0.3) is 10.0 Å². The minimum Gasteiger partial charge on any atom is -0.495 e. The summed E-state index contributed by atoms with van der Waals surface area (Å²) in [4.78, 5) is 10.9. The molecule has 0 radical (unpaired) electrons. The second-order valence-electron chi connectivity index (χ2n) is 5.34. The van der Waals surface area contributed by atoms with Gasteiger partial charge in [-0.15, -0.1) is 0 Å². The maximum atomic E-state index is 13.1. The second-order valence-corrected chi connectivity index (χ2v) is 8.08. The number of aliphatic carboxylic acids is 1. The summed E-state index contributed by atoms with van der Waals surface area (Å²) in [5, 5.41) is 9.60. The zero-order chi connectivity index (χ0) is 19.3. The monoisotopic (exact) mass is 417 g/mol. The Balaban J connectivity index is 2.51. The van der Waals surface area contributed by atoms with E-state index in [1.165, 1.54) is 37.4 Å². The molecule has 0 fully saturated rings. The lowest BCUT2D eigenvalue weighted by Crippen LogP contribution is -2.32. The molecule has 0 heterocycles. The average Bonchev–Trinajstić information content (AvgIpc) is 2.58. The van der Waals surface area contributed by atoms with Gasteiger partial charge in [-0.05, 0) is 48.9 Å². The van der Waals surface area contributed by atoms with Gasteiger partial charge in [0.2, 0.25) is 0 Å². The quantitative estimate of drug-likeness (QED) is 0.699.